The van der Waals surface area contributed by atoms with Crippen LogP contribution in [0, 0.1) is 0 Å². The minimum Gasteiger partial charge on any atom is -0.414 e. The summed E-state index contributed by atoms with van der Waals surface area (Å²) in [6, 6.07) is 0. The van der Waals surface area contributed by atoms with E-state index in [1.807, 2.05) is 0 Å². The Balaban J connectivity index is 1.37. The maximum Gasteiger partial charge on any atom is 0.192 e. The molecule has 0 aromatic heterocycles. The van der Waals surface area contributed by atoms with Crippen molar-refractivity contribution in [3.05, 3.63) is 0 Å². The van der Waals surface area contributed by atoms with E-state index in [-0.39, 0.29) is 81.5 Å². The van der Waals surface area contributed by atoms with Gasteiger partial charge in [0.2, 0.25) is 0 Å². The molecule has 35 nitrogen and oxygen atoms in total. The Labute approximate surface area is 803 Å². The summed E-state index contributed by atoms with van der Waals surface area (Å²) in [7, 11) is -9.59. The summed E-state index contributed by atoms with van der Waals surface area (Å²) in [5.74, 6) is 0. The first-order chi connectivity index (χ1) is 60.7. The van der Waals surface area contributed by atoms with Crippen LogP contribution < -0.4 is 0 Å². The second kappa shape index (κ2) is 45.2. The fourth-order valence-electron chi connectivity index (χ4n) is 15.5. The third-order valence-electron chi connectivity index (χ3n) is 32.2. The summed E-state index contributed by atoms with van der Waals surface area (Å²) >= 11 is 0. The molecule has 784 valence electrons. The highest BCUT2D eigenvalue weighted by atomic mass is 28.4. The summed E-state index contributed by atoms with van der Waals surface area (Å²) in [6.07, 6.45) is -51.8. The number of hydrogen-bond donors (Lipinski definition) is 7. The Hall–Kier alpha value is 0.118. The lowest BCUT2D eigenvalue weighted by Gasteiger charge is -2.52. The fraction of sp³-hybridized carbons (Fsp3) is 1.00. The molecule has 21 aliphatic heterocycles. The van der Waals surface area contributed by atoms with Crippen LogP contribution in [0.2, 0.25) is 127 Å². The lowest BCUT2D eigenvalue weighted by molar-refractivity contribution is -0.399. The molecule has 21 heterocycles. The van der Waals surface area contributed by atoms with E-state index in [1.54, 1.807) is 0 Å². The number of ether oxygens (including phenoxy) is 21. The normalized spacial score (nSPS) is 39.0. The third-order valence-corrected chi connectivity index (χ3v) is 63.7. The molecule has 21 aliphatic rings. The smallest absolute Gasteiger partial charge is 0.192 e. The van der Waals surface area contributed by atoms with Crippen LogP contribution in [-0.4, -0.2) is 405 Å². The Bertz CT molecular complexity index is 2920. The first-order valence-electron chi connectivity index (χ1n) is 47.8. The van der Waals surface area contributed by atoms with Gasteiger partial charge in [0.05, 0.1) is 46.2 Å². The van der Waals surface area contributed by atoms with Gasteiger partial charge in [-0.1, -0.05) is 145 Å². The summed E-state index contributed by atoms with van der Waals surface area (Å²) < 4.78 is 193. The minimum absolute atomic E-state index is 0.204. The van der Waals surface area contributed by atoms with Crippen LogP contribution in [0.5, 0.6) is 0 Å². The number of hydrogen-bond acceptors (Lipinski definition) is 35. The van der Waals surface area contributed by atoms with Gasteiger partial charge in [0.15, 0.2) is 102 Å². The highest BCUT2D eigenvalue weighted by Crippen LogP contribution is 2.49. The van der Waals surface area contributed by atoms with Crippen LogP contribution in [0.15, 0.2) is 0 Å². The topological polar surface area (TPSA) is 400 Å². The lowest BCUT2D eigenvalue weighted by atomic mass is 9.95. The van der Waals surface area contributed by atoms with Gasteiger partial charge >= 0.3 is 0 Å². The van der Waals surface area contributed by atoms with Gasteiger partial charge in [0, 0.05) is 49.8 Å². The zero-order valence-corrected chi connectivity index (χ0v) is 95.7. The SMILES string of the molecule is COC1C2OC(CO[Si](C)(C)C(C)(C)C)C(OC3OC(CO[Si](C)(C)C(C)(C)C)C(OC4OC(CO[Si](C)(C)C(C)(C)C)C(OC5OC(CO[Si](C)(C)C(C)(C)C)C(OC6OC(CO[Si](C)(C)C(C)(C)C)C(OC7OC(CO[Si](C)(C)C(C)(C)C)C(OC8OC(CO[Si](C)(C)C(C)(C)C)C(O2)C(O)C8OC)C(O)C7OC)C(O)C6OC)C(O)C5OC)C(O)C4OC)C(O)C3OC)C1O. The predicted octanol–water partition coefficient (Wildman–Crippen LogP) is 10.6. The molecule has 35 atom stereocenters. The molecule has 0 aromatic rings. The van der Waals surface area contributed by atoms with Gasteiger partial charge in [-0.05, 0) is 127 Å². The monoisotopic (exact) mass is 2030 g/mol. The molecule has 14 bridgehead atoms. The van der Waals surface area contributed by atoms with Gasteiger partial charge in [-0.25, -0.2) is 0 Å². The molecule has 21 rings (SSSR count). The largest absolute Gasteiger partial charge is 0.414 e. The summed E-state index contributed by atoms with van der Waals surface area (Å²) in [6.45, 7) is 71.5. The van der Waals surface area contributed by atoms with Gasteiger partial charge < -0.3 is 166 Å². The number of aliphatic hydroxyl groups excluding tert-OH is 7. The van der Waals surface area contributed by atoms with E-state index in [0.717, 1.165) is 0 Å². The maximum absolute atomic E-state index is 13.4. The first-order valence-corrected chi connectivity index (χ1v) is 68.2. The van der Waals surface area contributed by atoms with Gasteiger partial charge in [0.25, 0.3) is 0 Å². The molecular formula is C91H182O35Si7. The van der Waals surface area contributed by atoms with Crippen LogP contribution in [0.1, 0.15) is 145 Å². The molecule has 35 unspecified atom stereocenters. The third kappa shape index (κ3) is 27.1. The van der Waals surface area contributed by atoms with Crippen molar-refractivity contribution in [3.8, 4) is 0 Å². The molecule has 21 fully saturated rings. The second-order valence-electron chi connectivity index (χ2n) is 48.3. The fourth-order valence-corrected chi connectivity index (χ4v) is 22.6. The Kier molecular flexibility index (Phi) is 40.2. The summed E-state index contributed by atoms with van der Waals surface area (Å²) in [5.41, 5.74) is 0. The van der Waals surface area contributed by atoms with E-state index in [1.165, 1.54) is 49.8 Å². The van der Waals surface area contributed by atoms with Crippen LogP contribution in [0.3, 0.4) is 0 Å². The molecule has 0 saturated carbocycles. The van der Waals surface area contributed by atoms with Crippen molar-refractivity contribution in [1.82, 2.24) is 0 Å². The average Bonchev–Trinajstić information content (AvgIpc) is 0.812. The predicted molar refractivity (Wildman–Crippen MR) is 514 cm³/mol. The van der Waals surface area contributed by atoms with Gasteiger partial charge in [-0.2, -0.15) is 0 Å². The van der Waals surface area contributed by atoms with E-state index in [0.29, 0.717) is 0 Å². The Morgan fingerprint density at radius 1 is 0.173 bits per heavy atom. The van der Waals surface area contributed by atoms with Gasteiger partial charge in [0.1, 0.15) is 171 Å². The van der Waals surface area contributed by atoms with Crippen molar-refractivity contribution < 1.29 is 166 Å². The standard InChI is InChI=1S/C91H182O35Si7/c1-85(2,3)127(29,30)106-43-50-64-57(92)71(99-22)78(113-50)121-65-51(44-107-128(31,32)86(4,5)6)115-80(73(101-24)58(65)93)123-67-53(46-109-130(35,36)88(10,11)12)117-82(75(103-26)60(67)95)125-69-55(48-111-132(39,40)90(16,17)18)119-84(77(105-28)62(69)97)126-70-56(49-112-133(41,42)91(19,20)21)118-83(76(104-27)63(70)98)124-68-54(47-110-131(37,38)89(13,14)15)116-81(74(102-25)61(68)96)122-66-52(45-108-129(33,34)87(7,8)9)114-79(120-64)72(100-23)59(66)94/h50-84,92-98H,43-49H2,1-42H3. The van der Waals surface area contributed by atoms with Crippen molar-refractivity contribution in [1.29, 1.82) is 0 Å². The van der Waals surface area contributed by atoms with E-state index in [4.69, 9.17) is 130 Å². The molecule has 21 saturated heterocycles. The van der Waals surface area contributed by atoms with E-state index in [9.17, 15) is 35.7 Å². The van der Waals surface area contributed by atoms with Crippen LogP contribution >= 0.6 is 0 Å². The Morgan fingerprint density at radius 3 is 0.338 bits per heavy atom. The van der Waals surface area contributed by atoms with Crippen LogP contribution in [0.4, 0.5) is 0 Å². The highest BCUT2D eigenvalue weighted by molar-refractivity contribution is 6.76. The number of aliphatic hydroxyl groups is 7. The second-order valence-corrected chi connectivity index (χ2v) is 82.0. The van der Waals surface area contributed by atoms with Crippen molar-refractivity contribution >= 4 is 58.2 Å². The van der Waals surface area contributed by atoms with Crippen molar-refractivity contribution in [2.75, 3.05) is 96.0 Å². The van der Waals surface area contributed by atoms with E-state index < -0.39 is 273 Å². The molecule has 0 radical (unpaired) electrons. The van der Waals surface area contributed by atoms with Crippen molar-refractivity contribution in [2.24, 2.45) is 0 Å². The van der Waals surface area contributed by atoms with Crippen LogP contribution in [0.25, 0.3) is 0 Å². The zero-order chi connectivity index (χ0) is 101. The highest BCUT2D eigenvalue weighted by Gasteiger charge is 2.64. The molecule has 133 heavy (non-hydrogen) atoms. The van der Waals surface area contributed by atoms with Gasteiger partial charge in [-0.3, -0.25) is 0 Å². The van der Waals surface area contributed by atoms with E-state index >= 15 is 0 Å². The zero-order valence-electron chi connectivity index (χ0n) is 88.7. The van der Waals surface area contributed by atoms with Crippen molar-refractivity contribution in [2.45, 2.75) is 487 Å². The molecule has 0 aliphatic carbocycles. The first kappa shape index (κ1) is 118. The lowest BCUT2D eigenvalue weighted by Crippen LogP contribution is -2.69. The molecule has 0 spiro atoms. The molecule has 0 aromatic carbocycles. The van der Waals surface area contributed by atoms with Crippen LogP contribution in [-0.2, 0) is 130 Å². The molecule has 7 N–H and O–H groups in total. The van der Waals surface area contributed by atoms with Gasteiger partial charge in [-0.15, -0.1) is 0 Å². The maximum atomic E-state index is 13.4. The average molecular weight is 2030 g/mol. The summed E-state index contributed by atoms with van der Waals surface area (Å²) in [4.78, 5) is 0. The minimum atomic E-state index is -2.74. The molecular weight excluding hydrogens is 1850 g/mol. The molecule has 42 heteroatoms. The Morgan fingerprint density at radius 2 is 0.263 bits per heavy atom. The van der Waals surface area contributed by atoms with Crippen molar-refractivity contribution in [3.63, 3.8) is 0 Å². The molecule has 0 amide bonds. The summed E-state index contributed by atoms with van der Waals surface area (Å²) in [5, 5.41) is 91.4. The van der Waals surface area contributed by atoms with E-state index in [2.05, 4.69) is 237 Å². The number of methoxy groups -OCH3 is 7. The quantitative estimate of drug-likeness (QED) is 0.0358. The number of rotatable bonds is 28.